The van der Waals surface area contributed by atoms with Gasteiger partial charge < -0.3 is 19.5 Å². The highest BCUT2D eigenvalue weighted by Gasteiger charge is 2.35. The molecule has 0 aliphatic carbocycles. The lowest BCUT2D eigenvalue weighted by Crippen LogP contribution is -2.29. The molecule has 0 radical (unpaired) electrons. The van der Waals surface area contributed by atoms with Gasteiger partial charge in [-0.15, -0.1) is 0 Å². The Balaban J connectivity index is 1.80. The molecule has 1 atom stereocenters. The van der Waals surface area contributed by atoms with Gasteiger partial charge in [0.1, 0.15) is 5.82 Å². The van der Waals surface area contributed by atoms with Crippen LogP contribution in [0.4, 0.5) is 4.39 Å². The predicted molar refractivity (Wildman–Crippen MR) is 140 cm³/mol. The fourth-order valence-corrected chi connectivity index (χ4v) is 5.27. The van der Waals surface area contributed by atoms with E-state index in [0.29, 0.717) is 43.3 Å². The highest BCUT2D eigenvalue weighted by atomic mass is 19.1. The van der Waals surface area contributed by atoms with Crippen LogP contribution in [-0.2, 0) is 27.4 Å². The van der Waals surface area contributed by atoms with Crippen molar-refractivity contribution in [1.29, 1.82) is 0 Å². The number of benzene rings is 2. The summed E-state index contributed by atoms with van der Waals surface area (Å²) in [6.45, 7) is 11.6. The van der Waals surface area contributed by atoms with E-state index in [1.807, 2.05) is 40.7 Å². The maximum absolute atomic E-state index is 13.8. The Labute approximate surface area is 218 Å². The lowest BCUT2D eigenvalue weighted by molar-refractivity contribution is -0.160. The molecule has 1 saturated heterocycles. The summed E-state index contributed by atoms with van der Waals surface area (Å²) >= 11 is 0. The topological polar surface area (TPSA) is 76.1 Å². The standard InChI is InChI=1S/C30H36FNO5/c1-18-23(10-9-20-11-13-36-14-12-20)26(27(29(34)35)37-30(3,4)5)19(2)25-17-32(16-24(18)25)28(33)21-7-6-8-22(31)15-21/h6-10,15,20,27H,11-14,16-17H2,1-5H3,(H,34,35)/b10-9+. The summed E-state index contributed by atoms with van der Waals surface area (Å²) in [6.07, 6.45) is 4.87. The fraction of sp³-hybridized carbons (Fsp3) is 0.467. The van der Waals surface area contributed by atoms with Crippen molar-refractivity contribution in [2.45, 2.75) is 72.3 Å². The number of amides is 1. The van der Waals surface area contributed by atoms with Crippen molar-refractivity contribution in [3.05, 3.63) is 75.1 Å². The number of nitrogens with zero attached hydrogens (tertiary/aromatic N) is 1. The zero-order valence-electron chi connectivity index (χ0n) is 22.3. The van der Waals surface area contributed by atoms with Gasteiger partial charge in [-0.25, -0.2) is 9.18 Å². The number of aliphatic carboxylic acids is 1. The number of hydrogen-bond donors (Lipinski definition) is 1. The fourth-order valence-electron chi connectivity index (χ4n) is 5.27. The van der Waals surface area contributed by atoms with Crippen LogP contribution >= 0.6 is 0 Å². The van der Waals surface area contributed by atoms with Crippen LogP contribution in [-0.4, -0.2) is 40.7 Å². The van der Waals surface area contributed by atoms with Crippen LogP contribution in [0.15, 0.2) is 30.3 Å². The van der Waals surface area contributed by atoms with E-state index in [1.165, 1.54) is 18.2 Å². The molecule has 1 amide bonds. The van der Waals surface area contributed by atoms with E-state index in [2.05, 4.69) is 6.08 Å². The maximum Gasteiger partial charge on any atom is 0.337 e. The van der Waals surface area contributed by atoms with E-state index in [9.17, 15) is 19.1 Å². The second-order valence-corrected chi connectivity index (χ2v) is 11.0. The average Bonchev–Trinajstić information content (AvgIpc) is 3.30. The summed E-state index contributed by atoms with van der Waals surface area (Å²) in [6, 6.07) is 5.70. The van der Waals surface area contributed by atoms with Gasteiger partial charge in [0.2, 0.25) is 0 Å². The summed E-state index contributed by atoms with van der Waals surface area (Å²) in [4.78, 5) is 27.5. The molecule has 1 N–H and O–H groups in total. The number of allylic oxidation sites excluding steroid dienone is 1. The molecular weight excluding hydrogens is 473 g/mol. The Kier molecular flexibility index (Phi) is 7.85. The van der Waals surface area contributed by atoms with Gasteiger partial charge in [0.15, 0.2) is 6.10 Å². The summed E-state index contributed by atoms with van der Waals surface area (Å²) in [5.41, 5.74) is 4.78. The minimum atomic E-state index is -1.16. The lowest BCUT2D eigenvalue weighted by Gasteiger charge is -2.29. The number of carbonyl (C=O) groups excluding carboxylic acids is 1. The van der Waals surface area contributed by atoms with Crippen molar-refractivity contribution >= 4 is 18.0 Å². The number of fused-ring (bicyclic) bond motifs is 1. The van der Waals surface area contributed by atoms with Crippen LogP contribution in [0.5, 0.6) is 0 Å². The largest absolute Gasteiger partial charge is 0.479 e. The second-order valence-electron chi connectivity index (χ2n) is 11.0. The molecule has 1 unspecified atom stereocenters. The number of rotatable bonds is 6. The Hall–Kier alpha value is -3.03. The quantitative estimate of drug-likeness (QED) is 0.519. The number of ether oxygens (including phenoxy) is 2. The molecular formula is C30H36FNO5. The number of carboxylic acid groups (broad SMARTS) is 1. The van der Waals surface area contributed by atoms with E-state index in [1.54, 1.807) is 11.0 Å². The van der Waals surface area contributed by atoms with Crippen LogP contribution < -0.4 is 0 Å². The van der Waals surface area contributed by atoms with Crippen molar-refractivity contribution < 1.29 is 28.6 Å². The van der Waals surface area contributed by atoms with Crippen LogP contribution in [0.25, 0.3) is 6.08 Å². The van der Waals surface area contributed by atoms with Gasteiger partial charge in [0.05, 0.1) is 5.60 Å². The maximum atomic E-state index is 13.8. The van der Waals surface area contributed by atoms with Crippen molar-refractivity contribution in [2.24, 2.45) is 5.92 Å². The number of hydrogen-bond acceptors (Lipinski definition) is 4. The molecule has 6 nitrogen and oxygen atoms in total. The first-order valence-corrected chi connectivity index (χ1v) is 12.8. The third-order valence-corrected chi connectivity index (χ3v) is 7.18. The van der Waals surface area contributed by atoms with Crippen molar-refractivity contribution in [3.63, 3.8) is 0 Å². The third-order valence-electron chi connectivity index (χ3n) is 7.18. The molecule has 0 bridgehead atoms. The lowest BCUT2D eigenvalue weighted by atomic mass is 9.85. The molecule has 2 aromatic carbocycles. The van der Waals surface area contributed by atoms with Gasteiger partial charge in [-0.05, 0) is 99.4 Å². The van der Waals surface area contributed by atoms with E-state index in [0.717, 1.165) is 40.7 Å². The highest BCUT2D eigenvalue weighted by Crippen LogP contribution is 2.40. The molecule has 7 heteroatoms. The van der Waals surface area contributed by atoms with Crippen LogP contribution in [0.3, 0.4) is 0 Å². The first-order valence-electron chi connectivity index (χ1n) is 12.8. The van der Waals surface area contributed by atoms with Gasteiger partial charge in [0, 0.05) is 37.4 Å². The van der Waals surface area contributed by atoms with Gasteiger partial charge >= 0.3 is 5.97 Å². The van der Waals surface area contributed by atoms with E-state index in [-0.39, 0.29) is 5.91 Å². The smallest absolute Gasteiger partial charge is 0.337 e. The van der Waals surface area contributed by atoms with Gasteiger partial charge in [0.25, 0.3) is 5.91 Å². The monoisotopic (exact) mass is 509 g/mol. The normalized spacial score (nSPS) is 17.3. The molecule has 198 valence electrons. The molecule has 0 saturated carbocycles. The molecule has 1 fully saturated rings. The number of carbonyl (C=O) groups is 2. The molecule has 37 heavy (non-hydrogen) atoms. The SMILES string of the molecule is Cc1c(/C=C/C2CCOCC2)c(C(OC(C)(C)C)C(=O)O)c(C)c2c1CN(C(=O)c1cccc(F)c1)C2. The molecule has 2 aliphatic rings. The Morgan fingerprint density at radius 2 is 1.78 bits per heavy atom. The van der Waals surface area contributed by atoms with E-state index in [4.69, 9.17) is 9.47 Å². The zero-order chi connectivity index (χ0) is 26.9. The molecule has 0 spiro atoms. The van der Waals surface area contributed by atoms with Crippen molar-refractivity contribution in [1.82, 2.24) is 4.90 Å². The summed E-state index contributed by atoms with van der Waals surface area (Å²) in [5, 5.41) is 10.2. The van der Waals surface area contributed by atoms with Crippen LogP contribution in [0.2, 0.25) is 0 Å². The molecule has 0 aromatic heterocycles. The minimum absolute atomic E-state index is 0.254. The van der Waals surface area contributed by atoms with Crippen LogP contribution in [0, 0.1) is 25.6 Å². The van der Waals surface area contributed by atoms with Gasteiger partial charge in [-0.3, -0.25) is 4.79 Å². The Morgan fingerprint density at radius 3 is 2.38 bits per heavy atom. The zero-order valence-corrected chi connectivity index (χ0v) is 22.3. The van der Waals surface area contributed by atoms with Crippen molar-refractivity contribution in [2.75, 3.05) is 13.2 Å². The molecule has 2 heterocycles. The molecule has 4 rings (SSSR count). The average molecular weight is 510 g/mol. The third kappa shape index (κ3) is 5.94. The molecule has 2 aromatic rings. The number of carboxylic acids is 1. The first-order chi connectivity index (χ1) is 17.5. The van der Waals surface area contributed by atoms with Crippen LogP contribution in [0.1, 0.15) is 83.5 Å². The summed E-state index contributed by atoms with van der Waals surface area (Å²) in [5.74, 6) is -1.41. The van der Waals surface area contributed by atoms with E-state index < -0.39 is 23.5 Å². The van der Waals surface area contributed by atoms with E-state index >= 15 is 0 Å². The minimum Gasteiger partial charge on any atom is -0.479 e. The second kappa shape index (κ2) is 10.8. The number of halogens is 1. The predicted octanol–water partition coefficient (Wildman–Crippen LogP) is 5.98. The van der Waals surface area contributed by atoms with Gasteiger partial charge in [-0.2, -0.15) is 0 Å². The summed E-state index contributed by atoms with van der Waals surface area (Å²) in [7, 11) is 0. The van der Waals surface area contributed by atoms with Gasteiger partial charge in [-0.1, -0.05) is 18.2 Å². The first kappa shape index (κ1) is 27.0. The Morgan fingerprint density at radius 1 is 1.14 bits per heavy atom. The van der Waals surface area contributed by atoms with Crippen molar-refractivity contribution in [3.8, 4) is 0 Å². The highest BCUT2D eigenvalue weighted by molar-refractivity contribution is 5.94. The molecule has 2 aliphatic heterocycles. The Bertz CT molecular complexity index is 1220. The summed E-state index contributed by atoms with van der Waals surface area (Å²) < 4.78 is 25.4.